The number of aromatic amines is 2. The number of benzene rings is 4. The lowest BCUT2D eigenvalue weighted by Crippen LogP contribution is -2.27. The summed E-state index contributed by atoms with van der Waals surface area (Å²) in [6.45, 7) is 5.36. The number of carbonyl (C=O) groups excluding carboxylic acids is 2. The molecule has 0 radical (unpaired) electrons. The summed E-state index contributed by atoms with van der Waals surface area (Å²) in [5, 5.41) is 19.3. The highest BCUT2D eigenvalue weighted by atomic mass is 35.5. The van der Waals surface area contributed by atoms with E-state index in [2.05, 4.69) is 25.7 Å². The van der Waals surface area contributed by atoms with Crippen LogP contribution in [0.4, 0.5) is 29.3 Å². The first-order valence-electron chi connectivity index (χ1n) is 14.8. The molecule has 0 fully saturated rings. The highest BCUT2D eigenvalue weighted by Gasteiger charge is 2.25. The molecule has 0 aliphatic heterocycles. The number of nitrogens with zero attached hydrogens (tertiary/aromatic N) is 2. The van der Waals surface area contributed by atoms with Crippen LogP contribution in [0.25, 0.3) is 44.1 Å². The number of halogens is 5. The average molecular weight is 742 g/mol. The summed E-state index contributed by atoms with van der Waals surface area (Å²) >= 11 is 12.6. The number of amides is 1. The Hall–Kier alpha value is -5.73. The minimum atomic E-state index is -4.64. The third-order valence-electron chi connectivity index (χ3n) is 6.64. The van der Waals surface area contributed by atoms with Crippen LogP contribution >= 0.6 is 23.2 Å². The Balaban J connectivity index is 0.000000204. The van der Waals surface area contributed by atoms with Crippen molar-refractivity contribution < 1.29 is 27.5 Å². The van der Waals surface area contributed by atoms with Crippen LogP contribution in [0.1, 0.15) is 20.8 Å². The number of hydrogen-bond donors (Lipinski definition) is 4. The Kier molecular flexibility index (Phi) is 11.8. The van der Waals surface area contributed by atoms with Gasteiger partial charge in [-0.1, -0.05) is 59.6 Å². The van der Waals surface area contributed by atoms with E-state index in [0.717, 1.165) is 10.9 Å². The lowest BCUT2D eigenvalue weighted by molar-refractivity contribution is -0.156. The topological polar surface area (TPSA) is 173 Å². The van der Waals surface area contributed by atoms with E-state index in [1.54, 1.807) is 75.4 Å². The summed E-state index contributed by atoms with van der Waals surface area (Å²) < 4.78 is 36.5. The highest BCUT2D eigenvalue weighted by Crippen LogP contribution is 2.33. The van der Waals surface area contributed by atoms with Crippen LogP contribution in [0.3, 0.4) is 0 Å². The van der Waals surface area contributed by atoms with E-state index >= 15 is 0 Å². The van der Waals surface area contributed by atoms with Crippen LogP contribution in [-0.2, 0) is 9.53 Å². The van der Waals surface area contributed by atoms with E-state index in [-0.39, 0.29) is 11.1 Å². The summed E-state index contributed by atoms with van der Waals surface area (Å²) in [4.78, 5) is 44.2. The maximum Gasteiger partial charge on any atom is 0.446 e. The number of anilines is 2. The molecule has 2 aromatic heterocycles. The van der Waals surface area contributed by atoms with Crippen molar-refractivity contribution in [2.45, 2.75) is 32.5 Å². The largest absolute Gasteiger partial charge is 0.446 e. The van der Waals surface area contributed by atoms with Crippen LogP contribution in [0.15, 0.2) is 94.5 Å². The van der Waals surface area contributed by atoms with E-state index in [1.807, 2.05) is 30.3 Å². The van der Waals surface area contributed by atoms with Crippen molar-refractivity contribution in [2.24, 2.45) is 0 Å². The van der Waals surface area contributed by atoms with Gasteiger partial charge < -0.3 is 10.5 Å². The zero-order chi connectivity index (χ0) is 37.5. The molecule has 51 heavy (non-hydrogen) atoms. The Morgan fingerprint density at radius 2 is 1.20 bits per heavy atom. The predicted octanol–water partition coefficient (Wildman–Crippen LogP) is 8.16. The number of alkyl halides is 3. The lowest BCUT2D eigenvalue weighted by atomic mass is 10.0. The zero-order valence-electron chi connectivity index (χ0n) is 27.1. The molecule has 0 unspecified atom stereocenters. The molecule has 4 aromatic carbocycles. The predicted molar refractivity (Wildman–Crippen MR) is 192 cm³/mol. The Morgan fingerprint density at radius 1 is 0.765 bits per heavy atom. The van der Waals surface area contributed by atoms with Crippen molar-refractivity contribution >= 4 is 68.5 Å². The van der Waals surface area contributed by atoms with E-state index in [0.29, 0.717) is 54.5 Å². The van der Waals surface area contributed by atoms with Crippen molar-refractivity contribution in [1.82, 2.24) is 20.4 Å². The van der Waals surface area contributed by atoms with E-state index in [4.69, 9.17) is 38.5 Å². The number of aromatic nitrogens is 4. The van der Waals surface area contributed by atoms with Crippen LogP contribution in [0.2, 0.25) is 10.0 Å². The standard InChI is InChI=1S/C19H18ClN3O3.C14H10ClN3O.C2HF3O/c1-19(2,3)26-18(25)21-11-8-9-14(15(20)10-11)16-12-6-4-5-7-13(12)17(24)23-22-16;15-12-7-8(16)5-6-11(12)13-9-3-1-2-4-10(9)14(19)18-17-13;3-2(4,5)1-6/h4-10H,1-3H3,(H,21,25)(H,23,24);1-7H,16H2,(H,18,19);1H. The van der Waals surface area contributed by atoms with E-state index < -0.39 is 24.2 Å². The fourth-order valence-corrected chi connectivity index (χ4v) is 5.12. The summed E-state index contributed by atoms with van der Waals surface area (Å²) in [7, 11) is 0. The molecule has 0 saturated carbocycles. The molecule has 0 aliphatic carbocycles. The van der Waals surface area contributed by atoms with Gasteiger partial charge in [0.1, 0.15) is 17.0 Å². The number of hydrogen-bond acceptors (Lipinski definition) is 8. The van der Waals surface area contributed by atoms with Gasteiger partial charge in [0.2, 0.25) is 6.29 Å². The third kappa shape index (κ3) is 10.2. The lowest BCUT2D eigenvalue weighted by Gasteiger charge is -2.19. The Labute approximate surface area is 297 Å². The minimum absolute atomic E-state index is 0.217. The average Bonchev–Trinajstić information content (AvgIpc) is 3.06. The fourth-order valence-electron chi connectivity index (χ4n) is 4.57. The van der Waals surface area contributed by atoms with Crippen molar-refractivity contribution in [3.05, 3.63) is 116 Å². The van der Waals surface area contributed by atoms with Gasteiger partial charge in [-0.05, 0) is 69.3 Å². The van der Waals surface area contributed by atoms with Gasteiger partial charge >= 0.3 is 12.3 Å². The molecule has 6 aromatic rings. The molecular weight excluding hydrogens is 712 g/mol. The number of nitrogens with two attached hydrogens (primary N) is 1. The molecule has 264 valence electrons. The van der Waals surface area contributed by atoms with Gasteiger partial charge in [-0.15, -0.1) is 0 Å². The normalized spacial score (nSPS) is 11.1. The van der Waals surface area contributed by atoms with Crippen LogP contribution < -0.4 is 22.2 Å². The van der Waals surface area contributed by atoms with Gasteiger partial charge in [-0.25, -0.2) is 15.0 Å². The number of nitrogen functional groups attached to an aromatic ring is 1. The van der Waals surface area contributed by atoms with Gasteiger partial charge in [0.15, 0.2) is 0 Å². The van der Waals surface area contributed by atoms with Crippen LogP contribution in [0, 0.1) is 0 Å². The molecule has 6 rings (SSSR count). The van der Waals surface area contributed by atoms with E-state index in [9.17, 15) is 27.6 Å². The summed E-state index contributed by atoms with van der Waals surface area (Å²) in [5.74, 6) is 0. The number of fused-ring (bicyclic) bond motifs is 2. The number of aldehydes is 1. The van der Waals surface area contributed by atoms with Gasteiger partial charge in [-0.3, -0.25) is 19.7 Å². The van der Waals surface area contributed by atoms with Crippen molar-refractivity contribution in [3.8, 4) is 22.5 Å². The number of nitrogens with one attached hydrogen (secondary N) is 3. The van der Waals surface area contributed by atoms with Gasteiger partial charge in [0.05, 0.1) is 20.8 Å². The number of ether oxygens (including phenoxy) is 1. The molecule has 1 amide bonds. The monoisotopic (exact) mass is 740 g/mol. The smallest absolute Gasteiger partial charge is 0.444 e. The van der Waals surface area contributed by atoms with Crippen molar-refractivity contribution in [1.29, 1.82) is 0 Å². The second kappa shape index (κ2) is 15.9. The molecule has 5 N–H and O–H groups in total. The second-order valence-electron chi connectivity index (χ2n) is 11.6. The van der Waals surface area contributed by atoms with E-state index in [1.165, 1.54) is 0 Å². The molecule has 0 bridgehead atoms. The quantitative estimate of drug-likeness (QED) is 0.104. The maximum atomic E-state index is 11.9. The first kappa shape index (κ1) is 38.1. The van der Waals surface area contributed by atoms with Gasteiger partial charge in [0.25, 0.3) is 11.1 Å². The summed E-state index contributed by atoms with van der Waals surface area (Å²) in [6.07, 6.45) is -6.26. The molecule has 0 saturated heterocycles. The number of H-pyrrole nitrogens is 2. The molecule has 2 heterocycles. The highest BCUT2D eigenvalue weighted by molar-refractivity contribution is 6.34. The Morgan fingerprint density at radius 3 is 1.61 bits per heavy atom. The van der Waals surface area contributed by atoms with Crippen molar-refractivity contribution in [2.75, 3.05) is 11.1 Å². The van der Waals surface area contributed by atoms with Gasteiger partial charge in [0, 0.05) is 33.3 Å². The third-order valence-corrected chi connectivity index (χ3v) is 7.27. The molecule has 0 spiro atoms. The SMILES string of the molecule is CC(C)(C)OC(=O)Nc1ccc(-c2n[nH]c(=O)c3ccccc23)c(Cl)c1.Nc1ccc(-c2n[nH]c(=O)c3ccccc23)c(Cl)c1.O=CC(F)(F)F. The second-order valence-corrected chi connectivity index (χ2v) is 12.4. The summed E-state index contributed by atoms with van der Waals surface area (Å²) in [6, 6.07) is 24.7. The first-order chi connectivity index (χ1) is 24.0. The fraction of sp³-hybridized carbons (Fsp3) is 0.143. The van der Waals surface area contributed by atoms with Gasteiger partial charge in [-0.2, -0.15) is 23.4 Å². The summed E-state index contributed by atoms with van der Waals surface area (Å²) in [5.41, 5.74) is 8.29. The maximum absolute atomic E-state index is 11.9. The zero-order valence-corrected chi connectivity index (χ0v) is 28.6. The minimum Gasteiger partial charge on any atom is -0.444 e. The molecular formula is C35H29Cl2F3N6O5. The van der Waals surface area contributed by atoms with Crippen molar-refractivity contribution in [3.63, 3.8) is 0 Å². The van der Waals surface area contributed by atoms with Crippen LogP contribution in [0.5, 0.6) is 0 Å². The Bertz CT molecular complexity index is 2340. The first-order valence-corrected chi connectivity index (χ1v) is 15.6. The molecule has 16 heteroatoms. The molecule has 0 aliphatic rings. The molecule has 0 atom stereocenters. The molecule has 11 nitrogen and oxygen atoms in total. The number of rotatable bonds is 3. The van der Waals surface area contributed by atoms with Crippen LogP contribution in [-0.4, -0.2) is 44.6 Å². The number of carbonyl (C=O) groups is 2.